The summed E-state index contributed by atoms with van der Waals surface area (Å²) in [5.41, 5.74) is 11.6. The van der Waals surface area contributed by atoms with Crippen LogP contribution >= 0.6 is 80.4 Å². The highest BCUT2D eigenvalue weighted by Gasteiger charge is 2.24. The van der Waals surface area contributed by atoms with Crippen LogP contribution in [0.25, 0.3) is 0 Å². The fraction of sp³-hybridized carbons (Fsp3) is 0.354. The van der Waals surface area contributed by atoms with Crippen LogP contribution in [0.15, 0.2) is 91.4 Å². The number of nitrogens with zero attached hydrogens (tertiary/aromatic N) is 11. The zero-order valence-corrected chi connectivity index (χ0v) is 57.3. The number of carbonyl (C=O) groups is 3. The molecule has 3 aromatic carbocycles. The number of hydrogen-bond acceptors (Lipinski definition) is 22. The van der Waals surface area contributed by atoms with Gasteiger partial charge in [0.2, 0.25) is 0 Å². The third-order valence-corrected chi connectivity index (χ3v) is 19.3. The molecule has 3 fully saturated rings. The number of rotatable bonds is 17. The van der Waals surface area contributed by atoms with Gasteiger partial charge in [0.25, 0.3) is 0 Å². The molecule has 3 atom stereocenters. The molecule has 3 aliphatic heterocycles. The number of nitrogens with two attached hydrogens (primary N) is 1. The second-order valence-electron chi connectivity index (χ2n) is 22.7. The molecular formula is C65H72Cl4N16O3S3. The van der Waals surface area contributed by atoms with Gasteiger partial charge in [-0.2, -0.15) is 0 Å². The first-order valence-corrected chi connectivity index (χ1v) is 33.7. The fourth-order valence-electron chi connectivity index (χ4n) is 10.2. The number of aromatic nitrogens is 9. The van der Waals surface area contributed by atoms with Crippen LogP contribution < -0.4 is 36.8 Å². The molecule has 3 saturated heterocycles. The Kier molecular flexibility index (Phi) is 24.0. The highest BCUT2D eigenvalue weighted by Crippen LogP contribution is 2.32. The summed E-state index contributed by atoms with van der Waals surface area (Å²) in [6, 6.07) is 22.5. The maximum absolute atomic E-state index is 12.7. The van der Waals surface area contributed by atoms with Crippen LogP contribution in [0.5, 0.6) is 0 Å². The molecule has 6 N–H and O–H groups in total. The van der Waals surface area contributed by atoms with E-state index in [2.05, 4.69) is 89.8 Å². The molecule has 476 valence electrons. The number of carbonyl (C=O) groups excluding carboxylic acids is 3. The first-order chi connectivity index (χ1) is 43.6. The third kappa shape index (κ3) is 19.5. The van der Waals surface area contributed by atoms with E-state index in [-0.39, 0.29) is 42.7 Å². The largest absolute Gasteiger partial charge is 0.356 e. The van der Waals surface area contributed by atoms with Gasteiger partial charge in [0.15, 0.2) is 32.7 Å². The molecule has 9 heterocycles. The second kappa shape index (κ2) is 31.9. The lowest BCUT2D eigenvalue weighted by atomic mass is 10.0. The minimum absolute atomic E-state index is 0.00219. The van der Waals surface area contributed by atoms with E-state index in [9.17, 15) is 14.4 Å². The van der Waals surface area contributed by atoms with Crippen molar-refractivity contribution >= 4 is 142 Å². The van der Waals surface area contributed by atoms with E-state index in [0.29, 0.717) is 91.1 Å². The van der Waals surface area contributed by atoms with Gasteiger partial charge in [-0.15, -0.1) is 0 Å². The standard InChI is InChI=1S/C22H24ClN5OS.C21H23ClN6OS.C17H14Cl2N4OS.C5H11N/c1-13-7-8-28(12-13)21-10-20(25-15(3)26-21)27-22-24-11-19(30-22)18(29)9-16-14(2)5-4-6-17(16)23;1-12-4-3-5-16(22)15(12)8-17(29)18-10-24-21(30-18)27-19-9-20(26-13(2)25-19)28-7-6-14(23)11-28;1-9-4-3-5-12(18)11(9)6-13(24)14-8-20-17(25-14)23-16-7-15(19)21-10(2)22-16;1-5-2-3-6-4-5/h4-6,10-11,13H,7-9,12H2,1-3H3,(H,24,25,26,27);3-5,9-10,14H,6-8,11,23H2,1-2H3,(H,24,25,26,27);3-5,7-8H,6H2,1-2H3,(H,20,21,22,23);5-6H,2-4H2,1H3/t13-;14-;;5-/m00.0/s1. The van der Waals surface area contributed by atoms with Crippen LogP contribution in [-0.2, 0) is 19.3 Å². The minimum Gasteiger partial charge on any atom is -0.356 e. The van der Waals surface area contributed by atoms with Gasteiger partial charge in [0.05, 0.1) is 33.2 Å². The van der Waals surface area contributed by atoms with Crippen LogP contribution in [0, 0.1) is 53.4 Å². The van der Waals surface area contributed by atoms with Crippen molar-refractivity contribution in [2.75, 3.05) is 65.0 Å². The summed E-state index contributed by atoms with van der Waals surface area (Å²) < 4.78 is 0. The van der Waals surface area contributed by atoms with Crippen molar-refractivity contribution < 1.29 is 14.4 Å². The number of Topliss-reactive ketones (excluding diaryl/α,β-unsaturated/α-hetero) is 3. The molecule has 0 radical (unpaired) electrons. The molecule has 0 bridgehead atoms. The molecule has 91 heavy (non-hydrogen) atoms. The van der Waals surface area contributed by atoms with E-state index in [0.717, 1.165) is 83.5 Å². The van der Waals surface area contributed by atoms with Gasteiger partial charge in [0.1, 0.15) is 51.7 Å². The summed E-state index contributed by atoms with van der Waals surface area (Å²) in [5.74, 6) is 7.13. The third-order valence-electron chi connectivity index (χ3n) is 15.2. The molecule has 3 aliphatic rings. The number of ketones is 3. The fourth-order valence-corrected chi connectivity index (χ4v) is 13.6. The smallest absolute Gasteiger partial charge is 0.188 e. The number of hydrogen-bond donors (Lipinski definition) is 5. The quantitative estimate of drug-likeness (QED) is 0.0420. The topological polar surface area (TPSA) is 248 Å². The normalized spacial score (nSPS) is 15.9. The Morgan fingerprint density at radius 1 is 0.527 bits per heavy atom. The molecule has 0 saturated carbocycles. The summed E-state index contributed by atoms with van der Waals surface area (Å²) in [4.78, 5) is 83.4. The molecule has 0 amide bonds. The summed E-state index contributed by atoms with van der Waals surface area (Å²) >= 11 is 28.5. The highest BCUT2D eigenvalue weighted by molar-refractivity contribution is 7.18. The average molecular weight is 1360 g/mol. The van der Waals surface area contributed by atoms with Crippen LogP contribution in [0.3, 0.4) is 0 Å². The lowest BCUT2D eigenvalue weighted by Crippen LogP contribution is -2.27. The summed E-state index contributed by atoms with van der Waals surface area (Å²) in [6.45, 7) is 22.0. The van der Waals surface area contributed by atoms with E-state index in [1.807, 2.05) is 89.2 Å². The maximum Gasteiger partial charge on any atom is 0.188 e. The van der Waals surface area contributed by atoms with Crippen LogP contribution in [0.2, 0.25) is 20.2 Å². The second-order valence-corrected chi connectivity index (χ2v) is 27.4. The number of anilines is 8. The lowest BCUT2D eigenvalue weighted by molar-refractivity contribution is 0.0988. The van der Waals surface area contributed by atoms with E-state index < -0.39 is 0 Å². The number of aryl methyl sites for hydroxylation is 6. The Labute approximate surface area is 562 Å². The lowest BCUT2D eigenvalue weighted by Gasteiger charge is -2.18. The Bertz CT molecular complexity index is 3770. The van der Waals surface area contributed by atoms with Gasteiger partial charge in [-0.25, -0.2) is 44.9 Å². The molecular weight excluding hydrogens is 1290 g/mol. The molecule has 19 nitrogen and oxygen atoms in total. The minimum atomic E-state index is -0.0290. The van der Waals surface area contributed by atoms with Gasteiger partial charge in [-0.3, -0.25) is 14.4 Å². The van der Waals surface area contributed by atoms with Crippen molar-refractivity contribution in [3.8, 4) is 0 Å². The summed E-state index contributed by atoms with van der Waals surface area (Å²) in [6.07, 6.45) is 9.01. The molecule has 0 aliphatic carbocycles. The number of nitrogens with one attached hydrogen (secondary N) is 4. The predicted octanol–water partition coefficient (Wildman–Crippen LogP) is 14.8. The van der Waals surface area contributed by atoms with E-state index in [4.69, 9.17) is 52.1 Å². The Morgan fingerprint density at radius 2 is 0.923 bits per heavy atom. The highest BCUT2D eigenvalue weighted by atomic mass is 35.5. The van der Waals surface area contributed by atoms with E-state index >= 15 is 0 Å². The molecule has 12 rings (SSSR count). The van der Waals surface area contributed by atoms with Crippen molar-refractivity contribution in [2.24, 2.45) is 17.6 Å². The van der Waals surface area contributed by atoms with Crippen molar-refractivity contribution in [2.45, 2.75) is 100.0 Å². The zero-order valence-electron chi connectivity index (χ0n) is 51.8. The van der Waals surface area contributed by atoms with E-state index in [1.165, 1.54) is 59.9 Å². The van der Waals surface area contributed by atoms with Gasteiger partial charge in [-0.1, -0.05) is 131 Å². The number of benzene rings is 3. The van der Waals surface area contributed by atoms with Gasteiger partial charge >= 0.3 is 0 Å². The maximum atomic E-state index is 12.7. The Morgan fingerprint density at radius 3 is 1.25 bits per heavy atom. The van der Waals surface area contributed by atoms with Crippen molar-refractivity contribution in [1.29, 1.82) is 0 Å². The SMILES string of the molecule is C[C@H]1CCNC1.Cc1nc(Cl)cc(Nc2ncc(C(=O)Cc3c(C)cccc3Cl)s2)n1.Cc1nc(Nc2ncc(C(=O)Cc3c(C)cccc3Cl)s2)cc(N2CC[C@H](C)C2)n1.Cc1nc(Nc2ncc(C(=O)Cc3c(C)cccc3Cl)s2)cc(N2CC[C@H](N)C2)n1. The monoisotopic (exact) mass is 1360 g/mol. The first kappa shape index (κ1) is 68.3. The Balaban J connectivity index is 0.000000155. The van der Waals surface area contributed by atoms with Gasteiger partial charge in [-0.05, 0) is 137 Å². The molecule has 0 spiro atoms. The molecule has 0 unspecified atom stereocenters. The van der Waals surface area contributed by atoms with Crippen LogP contribution in [0.4, 0.5) is 44.5 Å². The zero-order chi connectivity index (χ0) is 64.9. The van der Waals surface area contributed by atoms with Crippen LogP contribution in [-0.4, -0.2) is 108 Å². The Hall–Kier alpha value is -7.12. The van der Waals surface area contributed by atoms with Crippen molar-refractivity contribution in [1.82, 2.24) is 50.2 Å². The summed E-state index contributed by atoms with van der Waals surface area (Å²) in [5, 5.41) is 16.7. The van der Waals surface area contributed by atoms with Gasteiger partial charge in [0, 0.05) is 84.8 Å². The van der Waals surface area contributed by atoms with Crippen molar-refractivity contribution in [3.63, 3.8) is 0 Å². The number of halogens is 4. The molecule has 9 aromatic rings. The average Bonchev–Trinajstić information content (AvgIpc) is 3.48. The van der Waals surface area contributed by atoms with Gasteiger partial charge < -0.3 is 36.8 Å². The van der Waals surface area contributed by atoms with Crippen molar-refractivity contribution in [3.05, 3.63) is 177 Å². The van der Waals surface area contributed by atoms with E-state index in [1.54, 1.807) is 43.7 Å². The first-order valence-electron chi connectivity index (χ1n) is 29.8. The number of thiazole rings is 3. The molecule has 6 aromatic heterocycles. The predicted molar refractivity (Wildman–Crippen MR) is 372 cm³/mol. The summed E-state index contributed by atoms with van der Waals surface area (Å²) in [7, 11) is 0. The molecule has 26 heteroatoms. The van der Waals surface area contributed by atoms with Crippen LogP contribution in [0.1, 0.15) is 113 Å².